The summed E-state index contributed by atoms with van der Waals surface area (Å²) in [7, 11) is 0. The summed E-state index contributed by atoms with van der Waals surface area (Å²) in [5.41, 5.74) is -0.0353. The van der Waals surface area contributed by atoms with Crippen molar-refractivity contribution >= 4 is 17.7 Å². The highest BCUT2D eigenvalue weighted by Crippen LogP contribution is 2.38. The van der Waals surface area contributed by atoms with Gasteiger partial charge in [0, 0.05) is 13.0 Å². The first-order chi connectivity index (χ1) is 8.11. The van der Waals surface area contributed by atoms with Crippen molar-refractivity contribution in [3.63, 3.8) is 0 Å². The molecular weight excluding hydrogens is 240 g/mol. The van der Waals surface area contributed by atoms with E-state index in [2.05, 4.69) is 0 Å². The van der Waals surface area contributed by atoms with Crippen molar-refractivity contribution in [1.82, 2.24) is 0 Å². The fraction of sp³-hybridized carbons (Fsp3) is 0.917. The Morgan fingerprint density at radius 1 is 1.53 bits per heavy atom. The Morgan fingerprint density at radius 2 is 2.24 bits per heavy atom. The minimum atomic E-state index is -0.884. The van der Waals surface area contributed by atoms with Crippen molar-refractivity contribution < 1.29 is 19.4 Å². The smallest absolute Gasteiger partial charge is 0.332 e. The summed E-state index contributed by atoms with van der Waals surface area (Å²) in [5, 5.41) is 8.85. The molecule has 2 atom stereocenters. The molecular formula is C12H20O4S. The number of ether oxygens (including phenoxy) is 2. The Bertz CT molecular complexity index is 270. The third kappa shape index (κ3) is 3.36. The summed E-state index contributed by atoms with van der Waals surface area (Å²) in [5.74, 6) is 1.40. The first-order valence-corrected chi connectivity index (χ1v) is 7.37. The molecule has 0 aliphatic carbocycles. The van der Waals surface area contributed by atoms with E-state index < -0.39 is 12.1 Å². The number of hydrogen-bond donors (Lipinski definition) is 1. The first-order valence-electron chi connectivity index (χ1n) is 6.21. The van der Waals surface area contributed by atoms with Crippen LogP contribution in [0, 0.1) is 0 Å². The van der Waals surface area contributed by atoms with Crippen molar-refractivity contribution in [1.29, 1.82) is 0 Å². The van der Waals surface area contributed by atoms with Gasteiger partial charge in [-0.05, 0) is 37.7 Å². The molecule has 0 aromatic rings. The molecule has 2 saturated heterocycles. The predicted molar refractivity (Wildman–Crippen MR) is 66.4 cm³/mol. The van der Waals surface area contributed by atoms with Gasteiger partial charge in [0.15, 0.2) is 6.10 Å². The molecule has 5 heteroatoms. The largest absolute Gasteiger partial charge is 0.479 e. The molecule has 98 valence electrons. The summed E-state index contributed by atoms with van der Waals surface area (Å²) in [6.45, 7) is 2.29. The van der Waals surface area contributed by atoms with E-state index in [0.29, 0.717) is 6.61 Å². The number of carboxylic acids is 1. The average molecular weight is 260 g/mol. The summed E-state index contributed by atoms with van der Waals surface area (Å²) in [6.07, 6.45) is 3.13. The molecule has 2 heterocycles. The van der Waals surface area contributed by atoms with Gasteiger partial charge in [-0.1, -0.05) is 0 Å². The number of carbonyl (C=O) groups is 1. The monoisotopic (exact) mass is 260 g/mol. The van der Waals surface area contributed by atoms with Crippen LogP contribution in [0.5, 0.6) is 0 Å². The van der Waals surface area contributed by atoms with Gasteiger partial charge >= 0.3 is 5.97 Å². The van der Waals surface area contributed by atoms with Gasteiger partial charge in [0.05, 0.1) is 11.7 Å². The van der Waals surface area contributed by atoms with Crippen molar-refractivity contribution in [2.45, 2.75) is 50.4 Å². The molecule has 0 amide bonds. The van der Waals surface area contributed by atoms with E-state index in [1.54, 1.807) is 6.92 Å². The molecule has 2 aliphatic rings. The van der Waals surface area contributed by atoms with Crippen molar-refractivity contribution in [2.75, 3.05) is 18.1 Å². The van der Waals surface area contributed by atoms with Gasteiger partial charge in [0.25, 0.3) is 0 Å². The maximum atomic E-state index is 10.8. The van der Waals surface area contributed by atoms with Gasteiger partial charge in [-0.3, -0.25) is 0 Å². The molecule has 0 radical (unpaired) electrons. The molecule has 0 bridgehead atoms. The zero-order chi connectivity index (χ0) is 12.3. The van der Waals surface area contributed by atoms with Crippen molar-refractivity contribution in [3.8, 4) is 0 Å². The molecule has 2 rings (SSSR count). The number of thioether (sulfide) groups is 1. The number of carboxylic acid groups (broad SMARTS) is 1. The molecule has 2 aliphatic heterocycles. The topological polar surface area (TPSA) is 55.8 Å². The van der Waals surface area contributed by atoms with Crippen LogP contribution in [0.3, 0.4) is 0 Å². The number of rotatable bonds is 3. The first kappa shape index (κ1) is 13.2. The molecule has 1 N–H and O–H groups in total. The van der Waals surface area contributed by atoms with Crippen LogP contribution in [0.4, 0.5) is 0 Å². The molecule has 17 heavy (non-hydrogen) atoms. The average Bonchev–Trinajstić information content (AvgIpc) is 2.30. The van der Waals surface area contributed by atoms with E-state index >= 15 is 0 Å². The molecule has 0 aromatic heterocycles. The molecule has 0 aromatic carbocycles. The molecule has 1 unspecified atom stereocenters. The van der Waals surface area contributed by atoms with Crippen molar-refractivity contribution in [3.05, 3.63) is 0 Å². The SMILES string of the molecule is C[C@H](OC1CCOC2(CCSCC2)C1)C(=O)O. The third-order valence-electron chi connectivity index (χ3n) is 3.60. The Hall–Kier alpha value is -0.260. The van der Waals surface area contributed by atoms with Crippen LogP contribution in [0.2, 0.25) is 0 Å². The van der Waals surface area contributed by atoms with Gasteiger partial charge in [0.1, 0.15) is 0 Å². The minimum Gasteiger partial charge on any atom is -0.479 e. The van der Waals surface area contributed by atoms with Crippen molar-refractivity contribution in [2.24, 2.45) is 0 Å². The summed E-state index contributed by atoms with van der Waals surface area (Å²) >= 11 is 1.97. The van der Waals surface area contributed by atoms with Gasteiger partial charge < -0.3 is 14.6 Å². The highest BCUT2D eigenvalue weighted by atomic mass is 32.2. The highest BCUT2D eigenvalue weighted by Gasteiger charge is 2.39. The van der Waals surface area contributed by atoms with Crippen LogP contribution in [0.15, 0.2) is 0 Å². The van der Waals surface area contributed by atoms with Gasteiger partial charge in [-0.25, -0.2) is 4.79 Å². The Morgan fingerprint density at radius 3 is 2.88 bits per heavy atom. The van der Waals surface area contributed by atoms with E-state index in [1.807, 2.05) is 11.8 Å². The lowest BCUT2D eigenvalue weighted by Gasteiger charge is -2.43. The lowest BCUT2D eigenvalue weighted by Crippen LogP contribution is -2.46. The second-order valence-electron chi connectivity index (χ2n) is 4.88. The Labute approximate surface area is 106 Å². The maximum absolute atomic E-state index is 10.8. The van der Waals surface area contributed by atoms with Crippen LogP contribution >= 0.6 is 11.8 Å². The van der Waals surface area contributed by atoms with E-state index in [-0.39, 0.29) is 11.7 Å². The highest BCUT2D eigenvalue weighted by molar-refractivity contribution is 7.99. The quantitative estimate of drug-likeness (QED) is 0.840. The second kappa shape index (κ2) is 5.59. The summed E-state index contributed by atoms with van der Waals surface area (Å²) < 4.78 is 11.5. The molecule has 4 nitrogen and oxygen atoms in total. The van der Waals surface area contributed by atoms with Crippen LogP contribution in [0.25, 0.3) is 0 Å². The number of aliphatic carboxylic acids is 1. The normalized spacial score (nSPS) is 30.1. The van der Waals surface area contributed by atoms with E-state index in [0.717, 1.165) is 37.2 Å². The van der Waals surface area contributed by atoms with Gasteiger partial charge in [-0.2, -0.15) is 11.8 Å². The fourth-order valence-electron chi connectivity index (χ4n) is 2.54. The molecule has 1 spiro atoms. The zero-order valence-corrected chi connectivity index (χ0v) is 11.0. The van der Waals surface area contributed by atoms with Crippen LogP contribution in [-0.4, -0.2) is 47.0 Å². The van der Waals surface area contributed by atoms with Crippen LogP contribution < -0.4 is 0 Å². The fourth-order valence-corrected chi connectivity index (χ4v) is 3.77. The van der Waals surface area contributed by atoms with Gasteiger partial charge in [0.2, 0.25) is 0 Å². The Balaban J connectivity index is 1.90. The summed E-state index contributed by atoms with van der Waals surface area (Å²) in [6, 6.07) is 0. The second-order valence-corrected chi connectivity index (χ2v) is 6.10. The van der Waals surface area contributed by atoms with Crippen LogP contribution in [-0.2, 0) is 14.3 Å². The zero-order valence-electron chi connectivity index (χ0n) is 10.2. The predicted octanol–water partition coefficient (Wildman–Crippen LogP) is 1.92. The summed E-state index contributed by atoms with van der Waals surface area (Å²) in [4.78, 5) is 10.8. The Kier molecular flexibility index (Phi) is 4.33. The lowest BCUT2D eigenvalue weighted by atomic mass is 9.86. The number of hydrogen-bond acceptors (Lipinski definition) is 4. The maximum Gasteiger partial charge on any atom is 0.332 e. The lowest BCUT2D eigenvalue weighted by molar-refractivity contribution is -0.170. The van der Waals surface area contributed by atoms with E-state index in [9.17, 15) is 4.79 Å². The molecule has 2 fully saturated rings. The standard InChI is InChI=1S/C12H20O4S/c1-9(11(13)14)16-10-2-5-15-12(8-10)3-6-17-7-4-12/h9-10H,2-8H2,1H3,(H,13,14)/t9-,10?/m0/s1. The van der Waals surface area contributed by atoms with Gasteiger partial charge in [-0.15, -0.1) is 0 Å². The van der Waals surface area contributed by atoms with E-state index in [1.165, 1.54) is 0 Å². The minimum absolute atomic E-state index is 0.0353. The third-order valence-corrected chi connectivity index (χ3v) is 4.58. The van der Waals surface area contributed by atoms with Crippen LogP contribution in [0.1, 0.15) is 32.6 Å². The molecule has 0 saturated carbocycles. The van der Waals surface area contributed by atoms with E-state index in [4.69, 9.17) is 14.6 Å².